The Morgan fingerprint density at radius 2 is 2.16 bits per heavy atom. The van der Waals surface area contributed by atoms with Gasteiger partial charge in [0.05, 0.1) is 4.47 Å². The first-order valence-electron chi connectivity index (χ1n) is 5.97. The second-order valence-corrected chi connectivity index (χ2v) is 4.81. The van der Waals surface area contributed by atoms with Crippen molar-refractivity contribution in [2.45, 2.75) is 13.5 Å². The van der Waals surface area contributed by atoms with Gasteiger partial charge in [-0.25, -0.2) is 9.37 Å². The normalized spacial score (nSPS) is 10.5. The Morgan fingerprint density at radius 3 is 2.89 bits per heavy atom. The van der Waals surface area contributed by atoms with Gasteiger partial charge < -0.3 is 10.1 Å². The smallest absolute Gasteiger partial charge is 0.219 e. The zero-order chi connectivity index (χ0) is 13.7. The van der Waals surface area contributed by atoms with Crippen molar-refractivity contribution < 1.29 is 9.13 Å². The highest BCUT2D eigenvalue weighted by Crippen LogP contribution is 2.24. The second kappa shape index (κ2) is 6.63. The maximum atomic E-state index is 13.4. The zero-order valence-corrected chi connectivity index (χ0v) is 12.1. The number of hydrogen-bond donors (Lipinski definition) is 1. The van der Waals surface area contributed by atoms with Gasteiger partial charge in [0.1, 0.15) is 11.6 Å². The van der Waals surface area contributed by atoms with Crippen LogP contribution in [0.25, 0.3) is 0 Å². The fraction of sp³-hybridized carbons (Fsp3) is 0.214. The van der Waals surface area contributed by atoms with Gasteiger partial charge in [0.25, 0.3) is 0 Å². The van der Waals surface area contributed by atoms with Crippen LogP contribution in [0.2, 0.25) is 0 Å². The van der Waals surface area contributed by atoms with E-state index in [1.165, 1.54) is 6.07 Å². The van der Waals surface area contributed by atoms with Crippen molar-refractivity contribution in [1.82, 2.24) is 10.3 Å². The maximum absolute atomic E-state index is 13.4. The van der Waals surface area contributed by atoms with Crippen molar-refractivity contribution in [2.75, 3.05) is 6.54 Å². The van der Waals surface area contributed by atoms with Crippen LogP contribution < -0.4 is 10.1 Å². The molecule has 19 heavy (non-hydrogen) atoms. The molecule has 3 nitrogen and oxygen atoms in total. The van der Waals surface area contributed by atoms with Gasteiger partial charge in [0, 0.05) is 24.9 Å². The van der Waals surface area contributed by atoms with E-state index in [4.69, 9.17) is 4.74 Å². The SMILES string of the molecule is CCNCc1ccnc(Oc2ccc(Br)c(F)c2)c1. The Kier molecular flexibility index (Phi) is 4.87. The quantitative estimate of drug-likeness (QED) is 0.906. The summed E-state index contributed by atoms with van der Waals surface area (Å²) in [5.41, 5.74) is 1.07. The first kappa shape index (κ1) is 14.0. The summed E-state index contributed by atoms with van der Waals surface area (Å²) in [5.74, 6) is 0.521. The van der Waals surface area contributed by atoms with E-state index < -0.39 is 0 Å². The Hall–Kier alpha value is -1.46. The highest BCUT2D eigenvalue weighted by Gasteiger charge is 2.04. The number of hydrogen-bond acceptors (Lipinski definition) is 3. The standard InChI is InChI=1S/C14H14BrFN2O/c1-2-17-9-10-5-6-18-14(7-10)19-11-3-4-12(15)13(16)8-11/h3-8,17H,2,9H2,1H3. The summed E-state index contributed by atoms with van der Waals surface area (Å²) in [4.78, 5) is 4.11. The molecule has 0 saturated heterocycles. The Labute approximate surface area is 119 Å². The Morgan fingerprint density at radius 1 is 1.32 bits per heavy atom. The van der Waals surface area contributed by atoms with E-state index >= 15 is 0 Å². The molecule has 0 fully saturated rings. The fourth-order valence-corrected chi connectivity index (χ4v) is 1.79. The lowest BCUT2D eigenvalue weighted by Crippen LogP contribution is -2.11. The molecule has 0 aliphatic rings. The summed E-state index contributed by atoms with van der Waals surface area (Å²) >= 11 is 3.10. The third-order valence-electron chi connectivity index (χ3n) is 2.49. The molecule has 0 radical (unpaired) electrons. The molecule has 0 aliphatic carbocycles. The predicted octanol–water partition coefficient (Wildman–Crippen LogP) is 3.89. The number of nitrogens with one attached hydrogen (secondary N) is 1. The number of benzene rings is 1. The summed E-state index contributed by atoms with van der Waals surface area (Å²) in [6.45, 7) is 3.70. The van der Waals surface area contributed by atoms with Gasteiger partial charge >= 0.3 is 0 Å². The Bertz CT molecular complexity index is 563. The van der Waals surface area contributed by atoms with E-state index in [1.54, 1.807) is 18.3 Å². The molecule has 1 N–H and O–H groups in total. The summed E-state index contributed by atoms with van der Waals surface area (Å²) in [5, 5.41) is 3.22. The molecule has 2 aromatic rings. The number of pyridine rings is 1. The lowest BCUT2D eigenvalue weighted by atomic mass is 10.2. The van der Waals surface area contributed by atoms with E-state index in [0.717, 1.165) is 18.7 Å². The average molecular weight is 325 g/mol. The summed E-state index contributed by atoms with van der Waals surface area (Å²) in [7, 11) is 0. The monoisotopic (exact) mass is 324 g/mol. The van der Waals surface area contributed by atoms with Crippen LogP contribution in [0.4, 0.5) is 4.39 Å². The number of ether oxygens (including phenoxy) is 1. The van der Waals surface area contributed by atoms with Gasteiger partial charge in [-0.05, 0) is 46.2 Å². The highest BCUT2D eigenvalue weighted by molar-refractivity contribution is 9.10. The number of rotatable bonds is 5. The molecule has 0 spiro atoms. The van der Waals surface area contributed by atoms with Gasteiger partial charge in [-0.1, -0.05) is 6.92 Å². The molecule has 1 heterocycles. The van der Waals surface area contributed by atoms with Crippen molar-refractivity contribution in [3.63, 3.8) is 0 Å². The zero-order valence-electron chi connectivity index (χ0n) is 10.5. The predicted molar refractivity (Wildman–Crippen MR) is 75.8 cm³/mol. The van der Waals surface area contributed by atoms with Crippen molar-refractivity contribution in [3.05, 3.63) is 52.4 Å². The molecule has 1 aromatic carbocycles. The lowest BCUT2D eigenvalue weighted by Gasteiger charge is -2.07. The van der Waals surface area contributed by atoms with E-state index in [9.17, 15) is 4.39 Å². The topological polar surface area (TPSA) is 34.2 Å². The van der Waals surface area contributed by atoms with Crippen LogP contribution in [0, 0.1) is 5.82 Å². The maximum Gasteiger partial charge on any atom is 0.219 e. The summed E-state index contributed by atoms with van der Waals surface area (Å²) in [6, 6.07) is 8.36. The third-order valence-corrected chi connectivity index (χ3v) is 3.13. The van der Waals surface area contributed by atoms with Gasteiger partial charge in [-0.3, -0.25) is 0 Å². The number of aromatic nitrogens is 1. The summed E-state index contributed by atoms with van der Waals surface area (Å²) < 4.78 is 19.3. The van der Waals surface area contributed by atoms with E-state index in [0.29, 0.717) is 16.1 Å². The molecule has 0 atom stereocenters. The first-order chi connectivity index (χ1) is 9.19. The van der Waals surface area contributed by atoms with Crippen LogP contribution in [0.3, 0.4) is 0 Å². The fourth-order valence-electron chi connectivity index (χ4n) is 1.55. The minimum atomic E-state index is -0.360. The van der Waals surface area contributed by atoms with Gasteiger partial charge in [-0.15, -0.1) is 0 Å². The molecule has 2 rings (SSSR count). The second-order valence-electron chi connectivity index (χ2n) is 3.96. The molecule has 0 bridgehead atoms. The minimum absolute atomic E-state index is 0.360. The lowest BCUT2D eigenvalue weighted by molar-refractivity contribution is 0.456. The van der Waals surface area contributed by atoms with Crippen LogP contribution in [-0.2, 0) is 6.54 Å². The van der Waals surface area contributed by atoms with Crippen LogP contribution in [0.15, 0.2) is 41.0 Å². The molecule has 100 valence electrons. The minimum Gasteiger partial charge on any atom is -0.439 e. The van der Waals surface area contributed by atoms with Crippen molar-refractivity contribution in [1.29, 1.82) is 0 Å². The molecule has 5 heteroatoms. The van der Waals surface area contributed by atoms with E-state index in [-0.39, 0.29) is 5.82 Å². The van der Waals surface area contributed by atoms with Crippen molar-refractivity contribution >= 4 is 15.9 Å². The van der Waals surface area contributed by atoms with Crippen molar-refractivity contribution in [2.24, 2.45) is 0 Å². The van der Waals surface area contributed by atoms with Gasteiger partial charge in [-0.2, -0.15) is 0 Å². The number of nitrogens with zero attached hydrogens (tertiary/aromatic N) is 1. The van der Waals surface area contributed by atoms with Crippen LogP contribution >= 0.6 is 15.9 Å². The molecule has 0 saturated carbocycles. The third kappa shape index (κ3) is 4.01. The van der Waals surface area contributed by atoms with Gasteiger partial charge in [0.2, 0.25) is 5.88 Å². The molecule has 0 amide bonds. The van der Waals surface area contributed by atoms with Crippen LogP contribution in [0.1, 0.15) is 12.5 Å². The van der Waals surface area contributed by atoms with E-state index in [2.05, 4.69) is 26.2 Å². The summed E-state index contributed by atoms with van der Waals surface area (Å²) in [6.07, 6.45) is 1.68. The molecule has 0 aliphatic heterocycles. The molecular weight excluding hydrogens is 311 g/mol. The molecular formula is C14H14BrFN2O. The van der Waals surface area contributed by atoms with Crippen LogP contribution in [0.5, 0.6) is 11.6 Å². The average Bonchev–Trinajstić information content (AvgIpc) is 2.41. The van der Waals surface area contributed by atoms with Gasteiger partial charge in [0.15, 0.2) is 0 Å². The largest absolute Gasteiger partial charge is 0.439 e. The molecule has 0 unspecified atom stereocenters. The highest BCUT2D eigenvalue weighted by atomic mass is 79.9. The first-order valence-corrected chi connectivity index (χ1v) is 6.77. The van der Waals surface area contributed by atoms with Crippen LogP contribution in [-0.4, -0.2) is 11.5 Å². The molecule has 1 aromatic heterocycles. The number of halogens is 2. The van der Waals surface area contributed by atoms with Crippen molar-refractivity contribution in [3.8, 4) is 11.6 Å². The Balaban J connectivity index is 2.11. The van der Waals surface area contributed by atoms with E-state index in [1.807, 2.05) is 19.1 Å².